The van der Waals surface area contributed by atoms with E-state index in [2.05, 4.69) is 14.7 Å². The fraction of sp³-hybridized carbons (Fsp3) is 0.357. The highest BCUT2D eigenvalue weighted by Crippen LogP contribution is 2.39. The zero-order chi connectivity index (χ0) is 13.9. The van der Waals surface area contributed by atoms with Crippen molar-refractivity contribution < 1.29 is 9.90 Å². The van der Waals surface area contributed by atoms with Crippen LogP contribution in [0.15, 0.2) is 24.3 Å². The number of anilines is 1. The first-order valence-electron chi connectivity index (χ1n) is 6.62. The molecular formula is C14H15N3O2S. The summed E-state index contributed by atoms with van der Waals surface area (Å²) >= 11 is 1.41. The molecule has 1 heterocycles. The van der Waals surface area contributed by atoms with E-state index in [0.29, 0.717) is 11.5 Å². The quantitative estimate of drug-likeness (QED) is 0.855. The van der Waals surface area contributed by atoms with Crippen molar-refractivity contribution in [1.82, 2.24) is 9.36 Å². The Labute approximate surface area is 120 Å². The van der Waals surface area contributed by atoms with E-state index in [1.54, 1.807) is 12.1 Å². The van der Waals surface area contributed by atoms with Crippen LogP contribution in [0.3, 0.4) is 0 Å². The summed E-state index contributed by atoms with van der Waals surface area (Å²) in [5.41, 5.74) is 1.43. The van der Waals surface area contributed by atoms with Crippen LogP contribution in [-0.4, -0.2) is 27.0 Å². The fourth-order valence-corrected chi connectivity index (χ4v) is 2.61. The van der Waals surface area contributed by atoms with Gasteiger partial charge < -0.3 is 10.4 Å². The number of carbonyl (C=O) groups is 1. The van der Waals surface area contributed by atoms with Crippen molar-refractivity contribution in [3.63, 3.8) is 0 Å². The van der Waals surface area contributed by atoms with Crippen LogP contribution < -0.4 is 5.32 Å². The average molecular weight is 289 g/mol. The van der Waals surface area contributed by atoms with Crippen molar-refractivity contribution in [3.8, 4) is 0 Å². The molecule has 0 amide bonds. The number of carboxylic acids is 1. The second kappa shape index (κ2) is 5.58. The zero-order valence-electron chi connectivity index (χ0n) is 10.9. The molecule has 1 saturated carbocycles. The molecule has 1 aromatic carbocycles. The lowest BCUT2D eigenvalue weighted by Gasteiger charge is -2.03. The number of hydrogen-bond donors (Lipinski definition) is 2. The topological polar surface area (TPSA) is 75.1 Å². The summed E-state index contributed by atoms with van der Waals surface area (Å²) in [6, 6.07) is 6.96. The zero-order valence-corrected chi connectivity index (χ0v) is 11.7. The van der Waals surface area contributed by atoms with E-state index in [4.69, 9.17) is 5.11 Å². The highest BCUT2D eigenvalue weighted by Gasteiger charge is 2.27. The second-order valence-electron chi connectivity index (χ2n) is 4.91. The summed E-state index contributed by atoms with van der Waals surface area (Å²) in [7, 11) is 0. The maximum absolute atomic E-state index is 10.7. The SMILES string of the molecule is O=C(O)c1ccc(CCNc2nc(C3CC3)ns2)cc1. The molecule has 0 unspecified atom stereocenters. The molecule has 1 aliphatic rings. The van der Waals surface area contributed by atoms with E-state index >= 15 is 0 Å². The highest BCUT2D eigenvalue weighted by molar-refractivity contribution is 7.09. The van der Waals surface area contributed by atoms with Gasteiger partial charge in [0.25, 0.3) is 0 Å². The minimum atomic E-state index is -0.892. The molecule has 1 fully saturated rings. The average Bonchev–Trinajstić information content (AvgIpc) is 3.20. The molecular weight excluding hydrogens is 274 g/mol. The third kappa shape index (κ3) is 3.14. The van der Waals surface area contributed by atoms with Crippen LogP contribution in [0.1, 0.15) is 40.5 Å². The van der Waals surface area contributed by atoms with Crippen molar-refractivity contribution in [2.24, 2.45) is 0 Å². The van der Waals surface area contributed by atoms with Crippen molar-refractivity contribution in [2.75, 3.05) is 11.9 Å². The third-order valence-corrected chi connectivity index (χ3v) is 3.96. The van der Waals surface area contributed by atoms with Crippen molar-refractivity contribution >= 4 is 22.6 Å². The third-order valence-electron chi connectivity index (χ3n) is 3.28. The van der Waals surface area contributed by atoms with Crippen LogP contribution in [0.5, 0.6) is 0 Å². The van der Waals surface area contributed by atoms with Crippen molar-refractivity contribution in [3.05, 3.63) is 41.2 Å². The van der Waals surface area contributed by atoms with Gasteiger partial charge in [-0.3, -0.25) is 0 Å². The van der Waals surface area contributed by atoms with Gasteiger partial charge in [-0.15, -0.1) is 0 Å². The number of benzene rings is 1. The number of aromatic carboxylic acids is 1. The molecule has 5 nitrogen and oxygen atoms in total. The predicted octanol–water partition coefficient (Wildman–Crippen LogP) is 2.77. The molecule has 2 aromatic rings. The monoisotopic (exact) mass is 289 g/mol. The summed E-state index contributed by atoms with van der Waals surface area (Å²) < 4.78 is 4.34. The second-order valence-corrected chi connectivity index (χ2v) is 5.66. The van der Waals surface area contributed by atoms with Crippen LogP contribution in [0.2, 0.25) is 0 Å². The van der Waals surface area contributed by atoms with Gasteiger partial charge >= 0.3 is 5.97 Å². The van der Waals surface area contributed by atoms with E-state index in [1.165, 1.54) is 24.4 Å². The Balaban J connectivity index is 1.49. The highest BCUT2D eigenvalue weighted by atomic mass is 32.1. The standard InChI is InChI=1S/C14H15N3O2S/c18-13(19)11-3-1-9(2-4-11)7-8-15-14-16-12(17-20-14)10-5-6-10/h1-4,10H,5-8H2,(H,18,19)(H,15,16,17). The number of nitrogens with zero attached hydrogens (tertiary/aromatic N) is 2. The minimum absolute atomic E-state index is 0.319. The molecule has 1 aromatic heterocycles. The maximum Gasteiger partial charge on any atom is 0.335 e. The first-order valence-corrected chi connectivity index (χ1v) is 7.39. The Bertz CT molecular complexity index is 605. The Morgan fingerprint density at radius 2 is 2.10 bits per heavy atom. The molecule has 0 radical (unpaired) electrons. The summed E-state index contributed by atoms with van der Waals surface area (Å²) in [6.07, 6.45) is 3.26. The maximum atomic E-state index is 10.7. The van der Waals surface area contributed by atoms with Crippen LogP contribution in [-0.2, 0) is 6.42 Å². The van der Waals surface area contributed by atoms with E-state index < -0.39 is 5.97 Å². The molecule has 0 aliphatic heterocycles. The molecule has 0 atom stereocenters. The van der Waals surface area contributed by atoms with E-state index in [9.17, 15) is 4.79 Å². The van der Waals surface area contributed by atoms with Gasteiger partial charge in [-0.1, -0.05) is 12.1 Å². The smallest absolute Gasteiger partial charge is 0.335 e. The Morgan fingerprint density at radius 3 is 2.75 bits per heavy atom. The van der Waals surface area contributed by atoms with E-state index in [-0.39, 0.29) is 0 Å². The lowest BCUT2D eigenvalue weighted by atomic mass is 10.1. The van der Waals surface area contributed by atoms with Crippen LogP contribution in [0.25, 0.3) is 0 Å². The molecule has 2 N–H and O–H groups in total. The van der Waals surface area contributed by atoms with Crippen LogP contribution in [0, 0.1) is 0 Å². The Hall–Kier alpha value is -1.95. The van der Waals surface area contributed by atoms with Gasteiger partial charge in [-0.2, -0.15) is 4.37 Å². The molecule has 0 bridgehead atoms. The van der Waals surface area contributed by atoms with E-state index in [0.717, 1.165) is 29.5 Å². The van der Waals surface area contributed by atoms with Gasteiger partial charge in [-0.25, -0.2) is 9.78 Å². The van der Waals surface area contributed by atoms with Crippen molar-refractivity contribution in [2.45, 2.75) is 25.2 Å². The molecule has 0 saturated heterocycles. The molecule has 6 heteroatoms. The number of rotatable bonds is 6. The van der Waals surface area contributed by atoms with Gasteiger partial charge in [-0.05, 0) is 37.0 Å². The normalized spacial score (nSPS) is 14.2. The Morgan fingerprint density at radius 1 is 1.35 bits per heavy atom. The first kappa shape index (κ1) is 13.1. The van der Waals surface area contributed by atoms with Gasteiger partial charge in [0.1, 0.15) is 5.82 Å². The number of aromatic nitrogens is 2. The van der Waals surface area contributed by atoms with Gasteiger partial charge in [0.2, 0.25) is 5.13 Å². The first-order chi connectivity index (χ1) is 9.72. The van der Waals surface area contributed by atoms with Gasteiger partial charge in [0.15, 0.2) is 0 Å². The lowest BCUT2D eigenvalue weighted by molar-refractivity contribution is 0.0697. The van der Waals surface area contributed by atoms with Gasteiger partial charge in [0.05, 0.1) is 5.56 Å². The summed E-state index contributed by atoms with van der Waals surface area (Å²) in [5.74, 6) is 0.671. The number of carboxylic acid groups (broad SMARTS) is 1. The molecule has 104 valence electrons. The largest absolute Gasteiger partial charge is 0.478 e. The molecule has 20 heavy (non-hydrogen) atoms. The number of nitrogens with one attached hydrogen (secondary N) is 1. The molecule has 1 aliphatic carbocycles. The predicted molar refractivity (Wildman–Crippen MR) is 77.5 cm³/mol. The van der Waals surface area contributed by atoms with Crippen LogP contribution in [0.4, 0.5) is 5.13 Å². The minimum Gasteiger partial charge on any atom is -0.478 e. The summed E-state index contributed by atoms with van der Waals surface area (Å²) in [6.45, 7) is 0.770. The Kier molecular flexibility index (Phi) is 3.64. The lowest BCUT2D eigenvalue weighted by Crippen LogP contribution is -2.05. The summed E-state index contributed by atoms with van der Waals surface area (Å²) in [5, 5.41) is 13.0. The summed E-state index contributed by atoms with van der Waals surface area (Å²) in [4.78, 5) is 15.2. The van der Waals surface area contributed by atoms with Gasteiger partial charge in [0, 0.05) is 24.0 Å². The number of hydrogen-bond acceptors (Lipinski definition) is 5. The van der Waals surface area contributed by atoms with Crippen molar-refractivity contribution in [1.29, 1.82) is 0 Å². The molecule has 0 spiro atoms. The fourth-order valence-electron chi connectivity index (χ4n) is 1.94. The molecule has 3 rings (SSSR count). The van der Waals surface area contributed by atoms with Crippen LogP contribution >= 0.6 is 11.5 Å². The van der Waals surface area contributed by atoms with E-state index in [1.807, 2.05) is 12.1 Å².